The smallest absolute Gasteiger partial charge is 0.159 e. The van der Waals surface area contributed by atoms with Crippen molar-refractivity contribution in [1.82, 2.24) is 0 Å². The molecule has 0 amide bonds. The summed E-state index contributed by atoms with van der Waals surface area (Å²) in [6.45, 7) is 4.67. The first kappa shape index (κ1) is 29.2. The number of benzene rings is 8. The molecule has 0 N–H and O–H groups in total. The van der Waals surface area contributed by atoms with Crippen LogP contribution in [0.4, 0.5) is 17.1 Å². The van der Waals surface area contributed by atoms with E-state index >= 15 is 0 Å². The van der Waals surface area contributed by atoms with Gasteiger partial charge in [-0.05, 0) is 87.1 Å². The van der Waals surface area contributed by atoms with Crippen LogP contribution < -0.4 is 4.90 Å². The molecule has 8 aromatic carbocycles. The SMILES string of the molecule is CC1(C)c2ccccc2-c2ccc(N(c3ccc4oc5c(-c6ccccc6)c6ccccc6cc5c4c3)c3cccc4c3oc3ccccc34)cc21. The summed E-state index contributed by atoms with van der Waals surface area (Å²) >= 11 is 0. The van der Waals surface area contributed by atoms with Crippen molar-refractivity contribution in [3.05, 3.63) is 175 Å². The van der Waals surface area contributed by atoms with Gasteiger partial charge in [-0.2, -0.15) is 0 Å². The van der Waals surface area contributed by atoms with E-state index in [1.54, 1.807) is 0 Å². The molecule has 1 aliphatic carbocycles. The molecule has 10 aromatic rings. The van der Waals surface area contributed by atoms with Crippen molar-refractivity contribution in [2.45, 2.75) is 19.3 Å². The summed E-state index contributed by atoms with van der Waals surface area (Å²) in [5.41, 5.74) is 14.0. The lowest BCUT2D eigenvalue weighted by Crippen LogP contribution is -2.16. The fraction of sp³-hybridized carbons (Fsp3) is 0.0612. The van der Waals surface area contributed by atoms with Gasteiger partial charge in [0.25, 0.3) is 0 Å². The van der Waals surface area contributed by atoms with Gasteiger partial charge in [-0.15, -0.1) is 0 Å². The van der Waals surface area contributed by atoms with Crippen LogP contribution in [0, 0.1) is 0 Å². The lowest BCUT2D eigenvalue weighted by Gasteiger charge is -2.28. The van der Waals surface area contributed by atoms with Crippen LogP contribution in [0.15, 0.2) is 173 Å². The number of fused-ring (bicyclic) bond motifs is 10. The van der Waals surface area contributed by atoms with Crippen molar-refractivity contribution in [3.8, 4) is 22.3 Å². The molecule has 0 spiro atoms. The maximum absolute atomic E-state index is 6.79. The Morgan fingerprint density at radius 3 is 2.02 bits per heavy atom. The van der Waals surface area contributed by atoms with Crippen LogP contribution in [0.2, 0.25) is 0 Å². The van der Waals surface area contributed by atoms with Crippen LogP contribution in [0.3, 0.4) is 0 Å². The van der Waals surface area contributed by atoms with Gasteiger partial charge in [0.15, 0.2) is 5.58 Å². The molecule has 11 rings (SSSR count). The summed E-state index contributed by atoms with van der Waals surface area (Å²) in [7, 11) is 0. The Hall–Kier alpha value is -6.58. The van der Waals surface area contributed by atoms with Crippen molar-refractivity contribution in [3.63, 3.8) is 0 Å². The van der Waals surface area contributed by atoms with E-state index in [1.165, 1.54) is 33.0 Å². The first-order valence-electron chi connectivity index (χ1n) is 17.9. The van der Waals surface area contributed by atoms with Gasteiger partial charge in [0, 0.05) is 43.9 Å². The fourth-order valence-electron chi connectivity index (χ4n) is 8.76. The standard InChI is InChI=1S/C49H33NO2/c1-49(2)41-20-10-8-17-35(41)36-25-23-33(29-42(36)49)50(43-21-12-19-38-37-18-9-11-22-44(37)51-47(38)43)32-24-26-45-39(28-32)40-27-31-15-6-7-16-34(31)46(48(40)52-45)30-13-4-3-5-14-30/h3-29H,1-2H3. The Morgan fingerprint density at radius 1 is 0.442 bits per heavy atom. The third kappa shape index (κ3) is 4.08. The van der Waals surface area contributed by atoms with E-state index in [4.69, 9.17) is 8.83 Å². The topological polar surface area (TPSA) is 29.5 Å². The highest BCUT2D eigenvalue weighted by atomic mass is 16.3. The zero-order chi connectivity index (χ0) is 34.6. The molecular formula is C49H33NO2. The quantitative estimate of drug-likeness (QED) is 0.187. The second kappa shape index (κ2) is 10.7. The average Bonchev–Trinajstić information content (AvgIpc) is 3.82. The maximum atomic E-state index is 6.79. The Bertz CT molecular complexity index is 3050. The summed E-state index contributed by atoms with van der Waals surface area (Å²) < 4.78 is 13.5. The number of nitrogens with zero attached hydrogens (tertiary/aromatic N) is 1. The summed E-state index contributed by atoms with van der Waals surface area (Å²) in [6, 6.07) is 58.6. The highest BCUT2D eigenvalue weighted by Crippen LogP contribution is 2.52. The zero-order valence-corrected chi connectivity index (χ0v) is 28.9. The molecule has 0 unspecified atom stereocenters. The molecule has 3 heteroatoms. The summed E-state index contributed by atoms with van der Waals surface area (Å²) in [5.74, 6) is 0. The van der Waals surface area contributed by atoms with E-state index < -0.39 is 0 Å². The molecule has 246 valence electrons. The lowest BCUT2D eigenvalue weighted by atomic mass is 9.82. The number of furan rings is 2. The lowest BCUT2D eigenvalue weighted by molar-refractivity contribution is 0.660. The molecule has 0 radical (unpaired) electrons. The molecular weight excluding hydrogens is 635 g/mol. The van der Waals surface area contributed by atoms with Gasteiger partial charge in [0.05, 0.1) is 5.69 Å². The summed E-state index contributed by atoms with van der Waals surface area (Å²) in [4.78, 5) is 2.36. The van der Waals surface area contributed by atoms with Gasteiger partial charge in [0.2, 0.25) is 0 Å². The van der Waals surface area contributed by atoms with Crippen molar-refractivity contribution in [2.75, 3.05) is 4.90 Å². The molecule has 3 nitrogen and oxygen atoms in total. The van der Waals surface area contributed by atoms with Crippen molar-refractivity contribution >= 4 is 71.7 Å². The highest BCUT2D eigenvalue weighted by molar-refractivity contribution is 6.19. The van der Waals surface area contributed by atoms with Gasteiger partial charge in [0.1, 0.15) is 16.7 Å². The Balaban J connectivity index is 1.19. The molecule has 0 fully saturated rings. The van der Waals surface area contributed by atoms with E-state index in [0.717, 1.165) is 72.1 Å². The average molecular weight is 668 g/mol. The normalized spacial score (nSPS) is 13.3. The van der Waals surface area contributed by atoms with Crippen molar-refractivity contribution in [1.29, 1.82) is 0 Å². The molecule has 0 atom stereocenters. The molecule has 52 heavy (non-hydrogen) atoms. The van der Waals surface area contributed by atoms with Crippen molar-refractivity contribution in [2.24, 2.45) is 0 Å². The first-order chi connectivity index (χ1) is 25.5. The van der Waals surface area contributed by atoms with Gasteiger partial charge < -0.3 is 13.7 Å². The molecule has 0 bridgehead atoms. The minimum Gasteiger partial charge on any atom is -0.455 e. The van der Waals surface area contributed by atoms with Crippen LogP contribution in [-0.4, -0.2) is 0 Å². The number of anilines is 3. The second-order valence-electron chi connectivity index (χ2n) is 14.5. The number of para-hydroxylation sites is 2. The van der Waals surface area contributed by atoms with Gasteiger partial charge >= 0.3 is 0 Å². The molecule has 2 aromatic heterocycles. The van der Waals surface area contributed by atoms with Crippen LogP contribution >= 0.6 is 0 Å². The predicted molar refractivity (Wildman–Crippen MR) is 216 cm³/mol. The fourth-order valence-corrected chi connectivity index (χ4v) is 8.76. The molecule has 0 saturated heterocycles. The van der Waals surface area contributed by atoms with Crippen LogP contribution in [0.25, 0.3) is 76.9 Å². The van der Waals surface area contributed by atoms with E-state index in [9.17, 15) is 0 Å². The van der Waals surface area contributed by atoms with Crippen LogP contribution in [0.5, 0.6) is 0 Å². The minimum absolute atomic E-state index is 0.140. The van der Waals surface area contributed by atoms with Crippen LogP contribution in [-0.2, 0) is 5.41 Å². The Morgan fingerprint density at radius 2 is 1.12 bits per heavy atom. The molecule has 1 aliphatic rings. The number of rotatable bonds is 4. The highest BCUT2D eigenvalue weighted by Gasteiger charge is 2.36. The largest absolute Gasteiger partial charge is 0.455 e. The number of hydrogen-bond acceptors (Lipinski definition) is 3. The van der Waals surface area contributed by atoms with E-state index in [1.807, 2.05) is 6.07 Å². The number of hydrogen-bond donors (Lipinski definition) is 0. The van der Waals surface area contributed by atoms with Crippen LogP contribution in [0.1, 0.15) is 25.0 Å². The van der Waals surface area contributed by atoms with Gasteiger partial charge in [-0.25, -0.2) is 0 Å². The van der Waals surface area contributed by atoms with E-state index in [0.29, 0.717) is 0 Å². The minimum atomic E-state index is -0.140. The summed E-state index contributed by atoms with van der Waals surface area (Å²) in [5, 5.41) is 6.75. The van der Waals surface area contributed by atoms with E-state index in [2.05, 4.69) is 176 Å². The monoisotopic (exact) mass is 667 g/mol. The van der Waals surface area contributed by atoms with E-state index in [-0.39, 0.29) is 5.41 Å². The predicted octanol–water partition coefficient (Wildman–Crippen LogP) is 14.1. The molecule has 0 aliphatic heterocycles. The third-order valence-electron chi connectivity index (χ3n) is 11.2. The molecule has 0 saturated carbocycles. The Labute approximate surface area is 301 Å². The summed E-state index contributed by atoms with van der Waals surface area (Å²) in [6.07, 6.45) is 0. The zero-order valence-electron chi connectivity index (χ0n) is 28.9. The maximum Gasteiger partial charge on any atom is 0.159 e. The Kier molecular flexibility index (Phi) is 6.01. The van der Waals surface area contributed by atoms with Crippen molar-refractivity contribution < 1.29 is 8.83 Å². The first-order valence-corrected chi connectivity index (χ1v) is 17.9. The third-order valence-corrected chi connectivity index (χ3v) is 11.2. The second-order valence-corrected chi connectivity index (χ2v) is 14.5. The van der Waals surface area contributed by atoms with Gasteiger partial charge in [-0.3, -0.25) is 0 Å². The van der Waals surface area contributed by atoms with Gasteiger partial charge in [-0.1, -0.05) is 129 Å². The molecule has 2 heterocycles.